The molecule has 0 aliphatic rings. The summed E-state index contributed by atoms with van der Waals surface area (Å²) in [5, 5.41) is 13.5. The Labute approximate surface area is 80.0 Å². The molecule has 2 rings (SSSR count). The topological polar surface area (TPSA) is 68.0 Å². The van der Waals surface area contributed by atoms with Gasteiger partial charge >= 0.3 is 5.97 Å². The molecule has 2 aromatic rings. The maximum absolute atomic E-state index is 10.9. The molecule has 1 N–H and O–H groups in total. The molecule has 14 heavy (non-hydrogen) atoms. The highest BCUT2D eigenvalue weighted by Crippen LogP contribution is 2.17. The first-order valence-corrected chi connectivity index (χ1v) is 4.12. The predicted octanol–water partition coefficient (Wildman–Crippen LogP) is 0.975. The van der Waals surface area contributed by atoms with E-state index >= 15 is 0 Å². The first-order chi connectivity index (χ1) is 6.59. The van der Waals surface area contributed by atoms with Crippen LogP contribution in [0.1, 0.15) is 16.1 Å². The summed E-state index contributed by atoms with van der Waals surface area (Å²) in [5.74, 6) is -0.950. The highest BCUT2D eigenvalue weighted by atomic mass is 16.4. The lowest BCUT2D eigenvalue weighted by Gasteiger charge is -1.99. The standard InChI is InChI=1S/C9H9N3O2/c1-5-3-6(9(13)14)7-4-10-12(2)8(7)11-5/h3-4H,1-2H3,(H,13,14). The van der Waals surface area contributed by atoms with Gasteiger partial charge in [0.25, 0.3) is 0 Å². The number of rotatable bonds is 1. The second-order valence-electron chi connectivity index (χ2n) is 3.12. The molecule has 0 saturated carbocycles. The Balaban J connectivity index is 2.88. The molecule has 0 saturated heterocycles. The Hall–Kier alpha value is -1.91. The fraction of sp³-hybridized carbons (Fsp3) is 0.222. The first-order valence-electron chi connectivity index (χ1n) is 4.12. The molecule has 0 fully saturated rings. The summed E-state index contributed by atoms with van der Waals surface area (Å²) in [4.78, 5) is 15.1. The third kappa shape index (κ3) is 1.14. The number of pyridine rings is 1. The van der Waals surface area contributed by atoms with Gasteiger partial charge in [-0.15, -0.1) is 0 Å². The monoisotopic (exact) mass is 191 g/mol. The molecule has 2 aromatic heterocycles. The maximum atomic E-state index is 10.9. The van der Waals surface area contributed by atoms with Gasteiger partial charge in [0.15, 0.2) is 5.65 Å². The predicted molar refractivity (Wildman–Crippen MR) is 50.2 cm³/mol. The molecule has 5 nitrogen and oxygen atoms in total. The maximum Gasteiger partial charge on any atom is 0.336 e. The first kappa shape index (κ1) is 8.68. The SMILES string of the molecule is Cc1cc(C(=O)O)c2cnn(C)c2n1. The van der Waals surface area contributed by atoms with Gasteiger partial charge in [-0.3, -0.25) is 4.68 Å². The third-order valence-corrected chi connectivity index (χ3v) is 2.06. The van der Waals surface area contributed by atoms with Crippen molar-refractivity contribution in [2.75, 3.05) is 0 Å². The van der Waals surface area contributed by atoms with Crippen molar-refractivity contribution in [3.05, 3.63) is 23.5 Å². The average molecular weight is 191 g/mol. The molecule has 0 unspecified atom stereocenters. The van der Waals surface area contributed by atoms with Crippen LogP contribution in [0.15, 0.2) is 12.3 Å². The average Bonchev–Trinajstić information content (AvgIpc) is 2.47. The Morgan fingerprint density at radius 3 is 2.93 bits per heavy atom. The second-order valence-corrected chi connectivity index (χ2v) is 3.12. The number of fused-ring (bicyclic) bond motifs is 1. The molecular weight excluding hydrogens is 182 g/mol. The molecule has 0 aliphatic heterocycles. The van der Waals surface area contributed by atoms with Crippen LogP contribution in [0.25, 0.3) is 11.0 Å². The van der Waals surface area contributed by atoms with Crippen LogP contribution < -0.4 is 0 Å². The van der Waals surface area contributed by atoms with E-state index in [4.69, 9.17) is 5.11 Å². The number of aromatic carboxylic acids is 1. The molecule has 0 bridgehead atoms. The summed E-state index contributed by atoms with van der Waals surface area (Å²) in [6.07, 6.45) is 1.52. The third-order valence-electron chi connectivity index (χ3n) is 2.06. The summed E-state index contributed by atoms with van der Waals surface area (Å²) in [6, 6.07) is 1.55. The number of carbonyl (C=O) groups is 1. The lowest BCUT2D eigenvalue weighted by molar-refractivity contribution is 0.0699. The van der Waals surface area contributed by atoms with Gasteiger partial charge in [0.2, 0.25) is 0 Å². The number of aromatic nitrogens is 3. The number of nitrogens with zero attached hydrogens (tertiary/aromatic N) is 3. The Kier molecular flexibility index (Phi) is 1.73. The molecule has 0 spiro atoms. The summed E-state index contributed by atoms with van der Waals surface area (Å²) >= 11 is 0. The van der Waals surface area contributed by atoms with Gasteiger partial charge in [0.05, 0.1) is 17.1 Å². The summed E-state index contributed by atoms with van der Waals surface area (Å²) in [5.41, 5.74) is 1.53. The van der Waals surface area contributed by atoms with Gasteiger partial charge in [-0.05, 0) is 13.0 Å². The minimum Gasteiger partial charge on any atom is -0.478 e. The van der Waals surface area contributed by atoms with Gasteiger partial charge in [-0.25, -0.2) is 9.78 Å². The molecule has 0 radical (unpaired) electrons. The molecule has 0 amide bonds. The fourth-order valence-electron chi connectivity index (χ4n) is 1.42. The zero-order valence-corrected chi connectivity index (χ0v) is 7.85. The number of aryl methyl sites for hydroxylation is 2. The highest BCUT2D eigenvalue weighted by Gasteiger charge is 2.12. The minimum atomic E-state index is -0.950. The Morgan fingerprint density at radius 1 is 1.57 bits per heavy atom. The summed E-state index contributed by atoms with van der Waals surface area (Å²) in [7, 11) is 1.74. The zero-order chi connectivity index (χ0) is 10.3. The van der Waals surface area contributed by atoms with Crippen LogP contribution in [-0.4, -0.2) is 25.8 Å². The van der Waals surface area contributed by atoms with Crippen LogP contribution >= 0.6 is 0 Å². The largest absolute Gasteiger partial charge is 0.478 e. The van der Waals surface area contributed by atoms with E-state index < -0.39 is 5.97 Å². The highest BCUT2D eigenvalue weighted by molar-refractivity contribution is 6.01. The number of carboxylic acid groups (broad SMARTS) is 1. The summed E-state index contributed by atoms with van der Waals surface area (Å²) < 4.78 is 1.56. The molecule has 0 atom stereocenters. The molecule has 72 valence electrons. The lowest BCUT2D eigenvalue weighted by Crippen LogP contribution is -2.00. The lowest BCUT2D eigenvalue weighted by atomic mass is 10.1. The molecular formula is C9H9N3O2. The van der Waals surface area contributed by atoms with Crippen molar-refractivity contribution < 1.29 is 9.90 Å². The van der Waals surface area contributed by atoms with E-state index in [1.165, 1.54) is 6.20 Å². The second kappa shape index (κ2) is 2.80. The summed E-state index contributed by atoms with van der Waals surface area (Å²) in [6.45, 7) is 1.76. The van der Waals surface area contributed by atoms with E-state index in [9.17, 15) is 4.79 Å². The van der Waals surface area contributed by atoms with Crippen molar-refractivity contribution in [1.29, 1.82) is 0 Å². The van der Waals surface area contributed by atoms with E-state index in [1.54, 1.807) is 24.7 Å². The van der Waals surface area contributed by atoms with Crippen LogP contribution in [0.4, 0.5) is 0 Å². The van der Waals surface area contributed by atoms with E-state index in [0.29, 0.717) is 16.7 Å². The van der Waals surface area contributed by atoms with Crippen molar-refractivity contribution in [3.63, 3.8) is 0 Å². The number of hydrogen-bond acceptors (Lipinski definition) is 3. The van der Waals surface area contributed by atoms with E-state index in [0.717, 1.165) is 0 Å². The van der Waals surface area contributed by atoms with Crippen LogP contribution in [0.2, 0.25) is 0 Å². The van der Waals surface area contributed by atoms with Crippen molar-refractivity contribution in [2.45, 2.75) is 6.92 Å². The number of hydrogen-bond donors (Lipinski definition) is 1. The van der Waals surface area contributed by atoms with Crippen molar-refractivity contribution >= 4 is 17.0 Å². The van der Waals surface area contributed by atoms with E-state index in [-0.39, 0.29) is 5.56 Å². The van der Waals surface area contributed by atoms with Crippen LogP contribution in [0, 0.1) is 6.92 Å². The van der Waals surface area contributed by atoms with Crippen LogP contribution in [-0.2, 0) is 7.05 Å². The van der Waals surface area contributed by atoms with Crippen LogP contribution in [0.5, 0.6) is 0 Å². The van der Waals surface area contributed by atoms with Gasteiger partial charge in [-0.1, -0.05) is 0 Å². The minimum absolute atomic E-state index is 0.251. The molecule has 5 heteroatoms. The van der Waals surface area contributed by atoms with Gasteiger partial charge in [0, 0.05) is 12.7 Å². The Morgan fingerprint density at radius 2 is 2.29 bits per heavy atom. The van der Waals surface area contributed by atoms with Gasteiger partial charge < -0.3 is 5.11 Å². The Bertz CT molecular complexity index is 516. The smallest absolute Gasteiger partial charge is 0.336 e. The normalized spacial score (nSPS) is 10.7. The molecule has 0 aliphatic carbocycles. The fourth-order valence-corrected chi connectivity index (χ4v) is 1.42. The zero-order valence-electron chi connectivity index (χ0n) is 7.85. The molecule has 0 aromatic carbocycles. The van der Waals surface area contributed by atoms with Crippen LogP contribution in [0.3, 0.4) is 0 Å². The quantitative estimate of drug-likeness (QED) is 0.729. The van der Waals surface area contributed by atoms with E-state index in [1.807, 2.05) is 0 Å². The molecule has 2 heterocycles. The van der Waals surface area contributed by atoms with Crippen molar-refractivity contribution in [2.24, 2.45) is 7.05 Å². The van der Waals surface area contributed by atoms with Gasteiger partial charge in [-0.2, -0.15) is 5.10 Å². The van der Waals surface area contributed by atoms with Gasteiger partial charge in [0.1, 0.15) is 0 Å². The van der Waals surface area contributed by atoms with E-state index in [2.05, 4.69) is 10.1 Å². The van der Waals surface area contributed by atoms with Crippen molar-refractivity contribution in [1.82, 2.24) is 14.8 Å². The number of carboxylic acids is 1. The van der Waals surface area contributed by atoms with Crippen molar-refractivity contribution in [3.8, 4) is 0 Å².